The van der Waals surface area contributed by atoms with Crippen LogP contribution in [0.2, 0.25) is 0 Å². The van der Waals surface area contributed by atoms with Crippen LogP contribution in [0.3, 0.4) is 0 Å². The van der Waals surface area contributed by atoms with Gasteiger partial charge in [0.2, 0.25) is 0 Å². The molecule has 0 aromatic carbocycles. The first-order valence-corrected chi connectivity index (χ1v) is 6.88. The summed E-state index contributed by atoms with van der Waals surface area (Å²) in [7, 11) is 3.41. The molecule has 17 heavy (non-hydrogen) atoms. The van der Waals surface area contributed by atoms with Crippen LogP contribution >= 0.6 is 11.8 Å². The zero-order valence-corrected chi connectivity index (χ0v) is 12.3. The molecule has 0 spiro atoms. The Morgan fingerprint density at radius 1 is 1.47 bits per heavy atom. The lowest BCUT2D eigenvalue weighted by atomic mass is 10.0. The molecule has 1 saturated heterocycles. The molecular formula is C13H23NO2S. The van der Waals surface area contributed by atoms with Gasteiger partial charge in [0.05, 0.1) is 5.25 Å². The lowest BCUT2D eigenvalue weighted by Crippen LogP contribution is -2.25. The predicted molar refractivity (Wildman–Crippen MR) is 73.5 cm³/mol. The summed E-state index contributed by atoms with van der Waals surface area (Å²) >= 11 is 1.92. The van der Waals surface area contributed by atoms with Crippen molar-refractivity contribution in [3.63, 3.8) is 0 Å². The minimum absolute atomic E-state index is 0.246. The van der Waals surface area contributed by atoms with Crippen molar-refractivity contribution < 1.29 is 9.53 Å². The van der Waals surface area contributed by atoms with Crippen molar-refractivity contribution in [2.45, 2.75) is 43.6 Å². The number of rotatable bonds is 5. The molecule has 0 radical (unpaired) electrons. The maximum atomic E-state index is 11.3. The van der Waals surface area contributed by atoms with Crippen LogP contribution in [0.4, 0.5) is 4.79 Å². The fourth-order valence-electron chi connectivity index (χ4n) is 1.64. The predicted octanol–water partition coefficient (Wildman–Crippen LogP) is 3.31. The Balaban J connectivity index is 2.22. The van der Waals surface area contributed by atoms with Crippen LogP contribution < -0.4 is 0 Å². The summed E-state index contributed by atoms with van der Waals surface area (Å²) in [4.78, 5) is 12.7. The average Bonchev–Trinajstić information content (AvgIpc) is 2.85. The second-order valence-corrected chi connectivity index (χ2v) is 6.95. The van der Waals surface area contributed by atoms with Gasteiger partial charge in [-0.25, -0.2) is 4.79 Å². The summed E-state index contributed by atoms with van der Waals surface area (Å²) in [5.41, 5.74) is 1.37. The van der Waals surface area contributed by atoms with Gasteiger partial charge in [-0.2, -0.15) is 0 Å². The van der Waals surface area contributed by atoms with E-state index in [4.69, 9.17) is 4.74 Å². The molecule has 4 heteroatoms. The Bertz CT molecular complexity index is 311. The third kappa shape index (κ3) is 4.62. The summed E-state index contributed by atoms with van der Waals surface area (Å²) in [5.74, 6) is 0. The lowest BCUT2D eigenvalue weighted by Gasteiger charge is -2.12. The second kappa shape index (κ2) is 5.80. The highest BCUT2D eigenvalue weighted by Crippen LogP contribution is 2.56. The molecule has 0 aromatic rings. The molecule has 1 fully saturated rings. The number of hydrogen-bond acceptors (Lipinski definition) is 3. The van der Waals surface area contributed by atoms with Crippen LogP contribution in [0.15, 0.2) is 11.6 Å². The topological polar surface area (TPSA) is 29.5 Å². The molecule has 0 saturated carbocycles. The molecule has 0 aliphatic carbocycles. The molecule has 0 bridgehead atoms. The molecular weight excluding hydrogens is 234 g/mol. The van der Waals surface area contributed by atoms with Crippen molar-refractivity contribution in [2.24, 2.45) is 0 Å². The number of carbonyl (C=O) groups excluding carboxylic acids is 1. The first kappa shape index (κ1) is 14.4. The lowest BCUT2D eigenvalue weighted by molar-refractivity contribution is 0.119. The van der Waals surface area contributed by atoms with Gasteiger partial charge < -0.3 is 9.64 Å². The third-order valence-corrected chi connectivity index (χ3v) is 4.67. The van der Waals surface area contributed by atoms with Gasteiger partial charge in [0.15, 0.2) is 0 Å². The summed E-state index contributed by atoms with van der Waals surface area (Å²) < 4.78 is 5.51. The van der Waals surface area contributed by atoms with Crippen LogP contribution in [-0.2, 0) is 4.74 Å². The van der Waals surface area contributed by atoms with Gasteiger partial charge in [-0.05, 0) is 33.6 Å². The van der Waals surface area contributed by atoms with Crippen molar-refractivity contribution >= 4 is 17.9 Å². The molecule has 0 aromatic heterocycles. The Morgan fingerprint density at radius 3 is 2.65 bits per heavy atom. The molecule has 1 aliphatic rings. The number of ether oxygens (including phenoxy) is 1. The van der Waals surface area contributed by atoms with Crippen molar-refractivity contribution in [3.8, 4) is 0 Å². The number of nitrogens with zero attached hydrogens (tertiary/aromatic N) is 1. The van der Waals surface area contributed by atoms with Crippen LogP contribution in [-0.4, -0.2) is 41.7 Å². The Morgan fingerprint density at radius 2 is 2.12 bits per heavy atom. The van der Waals surface area contributed by atoms with Crippen molar-refractivity contribution in [1.29, 1.82) is 0 Å². The zero-order valence-electron chi connectivity index (χ0n) is 11.4. The monoisotopic (exact) mass is 257 g/mol. The van der Waals surface area contributed by atoms with Crippen molar-refractivity contribution in [1.82, 2.24) is 4.90 Å². The highest BCUT2D eigenvalue weighted by Gasteiger charge is 2.51. The number of carbonyl (C=O) groups is 1. The Hall–Kier alpha value is -0.640. The molecule has 0 unspecified atom stereocenters. The maximum absolute atomic E-state index is 11.3. The standard InChI is InChI=1S/C13H23NO2S/c1-10(2)7-6-8-13(3)11(17-13)9-16-12(15)14(4)5/h7,11H,6,8-9H2,1-5H3/t11-,13+/m0/s1. The van der Waals surface area contributed by atoms with Gasteiger partial charge >= 0.3 is 6.09 Å². The largest absolute Gasteiger partial charge is 0.448 e. The van der Waals surface area contributed by atoms with Crippen LogP contribution in [0.1, 0.15) is 33.6 Å². The van der Waals surface area contributed by atoms with E-state index < -0.39 is 0 Å². The van der Waals surface area contributed by atoms with Crippen molar-refractivity contribution in [2.75, 3.05) is 20.7 Å². The second-order valence-electron chi connectivity index (χ2n) is 5.21. The molecule has 0 N–H and O–H groups in total. The fraction of sp³-hybridized carbons (Fsp3) is 0.769. The van der Waals surface area contributed by atoms with Gasteiger partial charge in [0, 0.05) is 18.8 Å². The van der Waals surface area contributed by atoms with E-state index in [1.807, 2.05) is 11.8 Å². The van der Waals surface area contributed by atoms with Gasteiger partial charge in [0.1, 0.15) is 6.61 Å². The van der Waals surface area contributed by atoms with Crippen molar-refractivity contribution in [3.05, 3.63) is 11.6 Å². The molecule has 1 amide bonds. The van der Waals surface area contributed by atoms with Gasteiger partial charge in [-0.1, -0.05) is 11.6 Å². The summed E-state index contributed by atoms with van der Waals surface area (Å²) in [6.07, 6.45) is 4.30. The van der Waals surface area contributed by atoms with Gasteiger partial charge in [-0.3, -0.25) is 0 Å². The van der Waals surface area contributed by atoms with E-state index in [1.165, 1.54) is 10.5 Å². The Labute approximate surface area is 109 Å². The zero-order chi connectivity index (χ0) is 13.1. The fourth-order valence-corrected chi connectivity index (χ4v) is 2.78. The van der Waals surface area contributed by atoms with Crippen LogP contribution in [0, 0.1) is 0 Å². The van der Waals surface area contributed by atoms with E-state index in [0.717, 1.165) is 12.8 Å². The van der Waals surface area contributed by atoms with E-state index in [-0.39, 0.29) is 6.09 Å². The minimum atomic E-state index is -0.246. The molecule has 98 valence electrons. The molecule has 1 rings (SSSR count). The molecule has 1 aliphatic heterocycles. The normalized spacial score (nSPS) is 26.3. The van der Waals surface area contributed by atoms with Crippen LogP contribution in [0.5, 0.6) is 0 Å². The smallest absolute Gasteiger partial charge is 0.409 e. The Kier molecular flexibility index (Phi) is 4.92. The first-order chi connectivity index (χ1) is 7.85. The summed E-state index contributed by atoms with van der Waals surface area (Å²) in [6.45, 7) is 7.04. The van der Waals surface area contributed by atoms with E-state index in [2.05, 4.69) is 26.8 Å². The number of hydrogen-bond donors (Lipinski definition) is 0. The summed E-state index contributed by atoms with van der Waals surface area (Å²) in [6, 6.07) is 0. The highest BCUT2D eigenvalue weighted by molar-refractivity contribution is 8.08. The van der Waals surface area contributed by atoms with E-state index in [9.17, 15) is 4.79 Å². The van der Waals surface area contributed by atoms with E-state index in [1.54, 1.807) is 14.1 Å². The quantitative estimate of drug-likeness (QED) is 0.559. The maximum Gasteiger partial charge on any atom is 0.409 e. The van der Waals surface area contributed by atoms with Gasteiger partial charge in [0.25, 0.3) is 0 Å². The van der Waals surface area contributed by atoms with Crippen LogP contribution in [0.25, 0.3) is 0 Å². The SMILES string of the molecule is CC(C)=CCC[C@@]1(C)S[C@H]1COC(=O)N(C)C. The molecule has 2 atom stereocenters. The first-order valence-electron chi connectivity index (χ1n) is 6.00. The summed E-state index contributed by atoms with van der Waals surface area (Å²) in [5, 5.41) is 0.469. The average molecular weight is 257 g/mol. The molecule has 3 nitrogen and oxygen atoms in total. The molecule has 1 heterocycles. The number of allylic oxidation sites excluding steroid dienone is 2. The minimum Gasteiger partial charge on any atom is -0.448 e. The number of thioether (sulfide) groups is 1. The van der Waals surface area contributed by atoms with E-state index in [0.29, 0.717) is 16.6 Å². The highest BCUT2D eigenvalue weighted by atomic mass is 32.2. The third-order valence-electron chi connectivity index (χ3n) is 2.95. The van der Waals surface area contributed by atoms with E-state index >= 15 is 0 Å². The van der Waals surface area contributed by atoms with Gasteiger partial charge in [-0.15, -0.1) is 11.8 Å². The number of amides is 1.